The third-order valence-electron chi connectivity index (χ3n) is 7.96. The average molecular weight is 549 g/mol. The zero-order valence-electron chi connectivity index (χ0n) is 24.5. The summed E-state index contributed by atoms with van der Waals surface area (Å²) in [5, 5.41) is 12.6. The average Bonchev–Trinajstić information content (AvgIpc) is 3.75. The molecule has 212 valence electrons. The molecule has 0 N–H and O–H groups in total. The maximum absolute atomic E-state index is 13.5. The van der Waals surface area contributed by atoms with Gasteiger partial charge in [0.1, 0.15) is 11.4 Å². The van der Waals surface area contributed by atoms with Crippen molar-refractivity contribution in [3.8, 4) is 22.5 Å². The molecule has 1 saturated carbocycles. The van der Waals surface area contributed by atoms with E-state index in [0.29, 0.717) is 13.1 Å². The number of carbonyl (C=O) groups is 1. The second kappa shape index (κ2) is 13.0. The zero-order chi connectivity index (χ0) is 28.7. The normalized spacial score (nSPS) is 15.6. The fourth-order valence-corrected chi connectivity index (χ4v) is 5.86. The second-order valence-electron chi connectivity index (χ2n) is 10.6. The summed E-state index contributed by atoms with van der Waals surface area (Å²) >= 11 is 0. The molecule has 4 aromatic rings. The van der Waals surface area contributed by atoms with Gasteiger partial charge in [-0.15, -0.1) is 5.10 Å². The number of nitrogens with zero attached hydrogens (tertiary/aromatic N) is 6. The van der Waals surface area contributed by atoms with Gasteiger partial charge in [0.05, 0.1) is 13.1 Å². The highest BCUT2D eigenvalue weighted by molar-refractivity contribution is 6.08. The Labute approximate surface area is 243 Å². The van der Waals surface area contributed by atoms with E-state index in [1.165, 1.54) is 0 Å². The molecule has 2 heterocycles. The number of hydrogen-bond acceptors (Lipinski definition) is 5. The van der Waals surface area contributed by atoms with Crippen LogP contribution in [0.5, 0.6) is 0 Å². The molecule has 1 amide bonds. The third-order valence-corrected chi connectivity index (χ3v) is 7.96. The lowest BCUT2D eigenvalue weighted by Crippen LogP contribution is -2.40. The summed E-state index contributed by atoms with van der Waals surface area (Å²) < 4.78 is 1.84. The van der Waals surface area contributed by atoms with E-state index in [1.54, 1.807) is 0 Å². The van der Waals surface area contributed by atoms with Crippen LogP contribution in [-0.2, 0) is 17.9 Å². The predicted octanol–water partition coefficient (Wildman–Crippen LogP) is 7.33. The van der Waals surface area contributed by atoms with Crippen molar-refractivity contribution < 1.29 is 4.79 Å². The molecular weight excluding hydrogens is 508 g/mol. The lowest BCUT2D eigenvalue weighted by atomic mass is 9.97. The minimum absolute atomic E-state index is 0.200. The zero-order valence-corrected chi connectivity index (χ0v) is 24.5. The molecule has 0 bridgehead atoms. The number of amides is 1. The van der Waals surface area contributed by atoms with Crippen molar-refractivity contribution in [2.45, 2.75) is 84.3 Å². The van der Waals surface area contributed by atoms with E-state index in [0.717, 1.165) is 84.4 Å². The van der Waals surface area contributed by atoms with Crippen molar-refractivity contribution in [3.05, 3.63) is 90.0 Å². The van der Waals surface area contributed by atoms with Crippen LogP contribution < -0.4 is 0 Å². The Morgan fingerprint density at radius 1 is 0.805 bits per heavy atom. The first-order valence-electron chi connectivity index (χ1n) is 15.1. The molecule has 1 spiro atoms. The number of unbranched alkanes of at least 4 members (excludes halogenated alkanes) is 1. The highest BCUT2D eigenvalue weighted by Gasteiger charge is 2.49. The molecule has 0 atom stereocenters. The van der Waals surface area contributed by atoms with Crippen LogP contribution in [0.4, 0.5) is 0 Å². The first-order valence-corrected chi connectivity index (χ1v) is 15.1. The number of hydrogen-bond donors (Lipinski definition) is 0. The molecular formula is C34H40N6O. The van der Waals surface area contributed by atoms with Crippen LogP contribution in [0.25, 0.3) is 22.5 Å². The van der Waals surface area contributed by atoms with E-state index in [4.69, 9.17) is 4.99 Å². The fourth-order valence-electron chi connectivity index (χ4n) is 5.86. The molecule has 7 heteroatoms. The summed E-state index contributed by atoms with van der Waals surface area (Å²) in [5.74, 6) is 1.91. The lowest BCUT2D eigenvalue weighted by Gasteiger charge is -2.23. The molecule has 1 aliphatic heterocycles. The van der Waals surface area contributed by atoms with Gasteiger partial charge in [0.25, 0.3) is 5.91 Å². The van der Waals surface area contributed by atoms with Gasteiger partial charge in [-0.3, -0.25) is 14.7 Å². The van der Waals surface area contributed by atoms with Gasteiger partial charge in [0.15, 0.2) is 5.82 Å². The predicted molar refractivity (Wildman–Crippen MR) is 164 cm³/mol. The molecule has 0 unspecified atom stereocenters. The molecule has 41 heavy (non-hydrogen) atoms. The largest absolute Gasteiger partial charge is 0.294 e. The van der Waals surface area contributed by atoms with Crippen LogP contribution in [0, 0.1) is 0 Å². The summed E-state index contributed by atoms with van der Waals surface area (Å²) in [6.07, 6.45) is 6.97. The molecule has 7 nitrogen and oxygen atoms in total. The first kappa shape index (κ1) is 28.4. The van der Waals surface area contributed by atoms with Crippen molar-refractivity contribution in [2.24, 2.45) is 4.99 Å². The van der Waals surface area contributed by atoms with E-state index in [2.05, 4.69) is 71.0 Å². The Balaban J connectivity index is 0.00000165. The Morgan fingerprint density at radius 3 is 2.17 bits per heavy atom. The smallest absolute Gasteiger partial charge is 0.256 e. The van der Waals surface area contributed by atoms with Crippen LogP contribution in [-0.4, -0.2) is 42.4 Å². The standard InChI is InChI=1S/C32H34N6O.C2H6/c1-2-3-15-29-33-32(20-9-10-21-32)31(39)37(29)22-25-16-18-26(19-17-25)27-13-7-8-14-28(27)30-34-35-36-38(30)23-24-11-5-4-6-12-24;1-2/h4-8,11-14,16-19H,2-3,9-10,15,20-23H2,1H3;1-2H3. The van der Waals surface area contributed by atoms with Crippen LogP contribution in [0.1, 0.15) is 76.8 Å². The third kappa shape index (κ3) is 5.99. The van der Waals surface area contributed by atoms with Crippen LogP contribution in [0.15, 0.2) is 83.9 Å². The molecule has 2 aliphatic rings. The Hall–Kier alpha value is -4.13. The van der Waals surface area contributed by atoms with Crippen molar-refractivity contribution >= 4 is 11.7 Å². The van der Waals surface area contributed by atoms with Crippen molar-refractivity contribution in [1.29, 1.82) is 0 Å². The monoisotopic (exact) mass is 548 g/mol. The number of benzene rings is 3. The minimum Gasteiger partial charge on any atom is -0.294 e. The van der Waals surface area contributed by atoms with Crippen molar-refractivity contribution in [2.75, 3.05) is 0 Å². The number of amidine groups is 1. The Morgan fingerprint density at radius 2 is 1.46 bits per heavy atom. The Bertz CT molecular complexity index is 1470. The number of aromatic nitrogens is 4. The molecule has 6 rings (SSSR count). The van der Waals surface area contributed by atoms with E-state index in [9.17, 15) is 4.79 Å². The molecule has 0 saturated heterocycles. The van der Waals surface area contributed by atoms with Gasteiger partial charge in [-0.25, -0.2) is 4.68 Å². The van der Waals surface area contributed by atoms with Crippen LogP contribution in [0.3, 0.4) is 0 Å². The van der Waals surface area contributed by atoms with Crippen molar-refractivity contribution in [3.63, 3.8) is 0 Å². The van der Waals surface area contributed by atoms with Gasteiger partial charge in [0, 0.05) is 12.0 Å². The first-order chi connectivity index (χ1) is 20.2. The summed E-state index contributed by atoms with van der Waals surface area (Å²) in [7, 11) is 0. The molecule has 1 aromatic heterocycles. The quantitative estimate of drug-likeness (QED) is 0.219. The van der Waals surface area contributed by atoms with Crippen molar-refractivity contribution in [1.82, 2.24) is 25.1 Å². The summed E-state index contributed by atoms with van der Waals surface area (Å²) in [5.41, 5.74) is 4.90. The Kier molecular flexibility index (Phi) is 9.02. The van der Waals surface area contributed by atoms with E-state index >= 15 is 0 Å². The highest BCUT2D eigenvalue weighted by Crippen LogP contribution is 2.40. The number of carbonyl (C=O) groups excluding carboxylic acids is 1. The van der Waals surface area contributed by atoms with Gasteiger partial charge in [0.2, 0.25) is 0 Å². The van der Waals surface area contributed by atoms with Crippen LogP contribution >= 0.6 is 0 Å². The molecule has 3 aromatic carbocycles. The van der Waals surface area contributed by atoms with E-state index in [-0.39, 0.29) is 5.91 Å². The SMILES string of the molecule is CC.CCCCC1=NC2(CCCC2)C(=O)N1Cc1ccc(-c2ccccc2-c2nnnn2Cc2ccccc2)cc1. The molecule has 1 aliphatic carbocycles. The maximum Gasteiger partial charge on any atom is 0.256 e. The summed E-state index contributed by atoms with van der Waals surface area (Å²) in [6.45, 7) is 7.36. The number of rotatable bonds is 9. The minimum atomic E-state index is -0.494. The van der Waals surface area contributed by atoms with Crippen LogP contribution in [0.2, 0.25) is 0 Å². The van der Waals surface area contributed by atoms with E-state index < -0.39 is 5.54 Å². The summed E-state index contributed by atoms with van der Waals surface area (Å²) in [4.78, 5) is 20.5. The number of tetrazole rings is 1. The summed E-state index contributed by atoms with van der Waals surface area (Å²) in [6, 6.07) is 27.0. The molecule has 0 radical (unpaired) electrons. The van der Waals surface area contributed by atoms with Gasteiger partial charge in [-0.05, 0) is 51.9 Å². The fraction of sp³-hybridized carbons (Fsp3) is 0.382. The van der Waals surface area contributed by atoms with Gasteiger partial charge >= 0.3 is 0 Å². The maximum atomic E-state index is 13.5. The lowest BCUT2D eigenvalue weighted by molar-refractivity contribution is -0.131. The highest BCUT2D eigenvalue weighted by atomic mass is 16.2. The number of aliphatic imine (C=N–C) groups is 1. The topological polar surface area (TPSA) is 76.3 Å². The van der Waals surface area contributed by atoms with Gasteiger partial charge < -0.3 is 0 Å². The van der Waals surface area contributed by atoms with E-state index in [1.807, 2.05) is 53.8 Å². The molecule has 1 fully saturated rings. The van der Waals surface area contributed by atoms with Gasteiger partial charge in [-0.2, -0.15) is 0 Å². The van der Waals surface area contributed by atoms with Gasteiger partial charge in [-0.1, -0.05) is 119 Å². The second-order valence-corrected chi connectivity index (χ2v) is 10.6.